The molecule has 4 rings (SSSR count). The molecule has 0 atom stereocenters. The summed E-state index contributed by atoms with van der Waals surface area (Å²) in [7, 11) is 0. The van der Waals surface area contributed by atoms with Gasteiger partial charge in [-0.1, -0.05) is 84.6 Å². The molecule has 3 aromatic rings. The van der Waals surface area contributed by atoms with E-state index in [4.69, 9.17) is 21.7 Å². The molecule has 1 saturated heterocycles. The van der Waals surface area contributed by atoms with Gasteiger partial charge in [-0.05, 0) is 54.3 Å². The van der Waals surface area contributed by atoms with Crippen molar-refractivity contribution < 1.29 is 14.3 Å². The number of hydrogen-bond donors (Lipinski definition) is 0. The van der Waals surface area contributed by atoms with Gasteiger partial charge in [-0.3, -0.25) is 9.69 Å². The standard InChI is InChI=1S/C27H25NO3S2/c1-20-7-5-6-10-24(20)31-18-17-30-23-13-11-22(12-14-23)19-25-26(29)28(27(32)33-25)16-15-21-8-3-2-4-9-21/h2-14,19H,15-18H2,1H3/b25-19-. The summed E-state index contributed by atoms with van der Waals surface area (Å²) in [5.74, 6) is 1.60. The summed E-state index contributed by atoms with van der Waals surface area (Å²) < 4.78 is 12.1. The zero-order valence-electron chi connectivity index (χ0n) is 18.4. The lowest BCUT2D eigenvalue weighted by molar-refractivity contribution is -0.122. The molecule has 0 unspecified atom stereocenters. The number of nitrogens with zero attached hydrogens (tertiary/aromatic N) is 1. The highest BCUT2D eigenvalue weighted by Crippen LogP contribution is 2.33. The van der Waals surface area contributed by atoms with Crippen LogP contribution in [0.25, 0.3) is 6.08 Å². The Morgan fingerprint density at radius 2 is 1.61 bits per heavy atom. The Balaban J connectivity index is 1.28. The van der Waals surface area contributed by atoms with E-state index in [-0.39, 0.29) is 5.91 Å². The van der Waals surface area contributed by atoms with E-state index in [2.05, 4.69) is 12.1 Å². The SMILES string of the molecule is Cc1ccccc1OCCOc1ccc(/C=C2\SC(=S)N(CCc3ccccc3)C2=O)cc1. The molecule has 0 saturated carbocycles. The topological polar surface area (TPSA) is 38.8 Å². The maximum Gasteiger partial charge on any atom is 0.266 e. The van der Waals surface area contributed by atoms with E-state index >= 15 is 0 Å². The van der Waals surface area contributed by atoms with E-state index in [1.807, 2.05) is 79.7 Å². The van der Waals surface area contributed by atoms with Crippen molar-refractivity contribution in [3.05, 3.63) is 100 Å². The minimum atomic E-state index is -0.0328. The van der Waals surface area contributed by atoms with Crippen LogP contribution in [-0.2, 0) is 11.2 Å². The first-order chi connectivity index (χ1) is 16.1. The highest BCUT2D eigenvalue weighted by molar-refractivity contribution is 8.26. The van der Waals surface area contributed by atoms with Gasteiger partial charge in [0, 0.05) is 6.54 Å². The molecule has 1 amide bonds. The highest BCUT2D eigenvalue weighted by Gasteiger charge is 2.31. The van der Waals surface area contributed by atoms with Crippen LogP contribution in [-0.4, -0.2) is 34.9 Å². The molecule has 1 aliphatic rings. The number of thioether (sulfide) groups is 1. The number of thiocarbonyl (C=S) groups is 1. The molecule has 0 spiro atoms. The molecule has 0 aromatic heterocycles. The van der Waals surface area contributed by atoms with Crippen molar-refractivity contribution in [1.82, 2.24) is 4.90 Å². The zero-order valence-corrected chi connectivity index (χ0v) is 20.0. The molecule has 4 nitrogen and oxygen atoms in total. The molecule has 6 heteroatoms. The Bertz CT molecular complexity index is 1140. The fraction of sp³-hybridized carbons (Fsp3) is 0.185. The summed E-state index contributed by atoms with van der Waals surface area (Å²) in [6.45, 7) is 3.53. The lowest BCUT2D eigenvalue weighted by Crippen LogP contribution is -2.30. The second-order valence-corrected chi connectivity index (χ2v) is 9.28. The van der Waals surface area contributed by atoms with Gasteiger partial charge >= 0.3 is 0 Å². The average Bonchev–Trinajstić information content (AvgIpc) is 3.10. The van der Waals surface area contributed by atoms with Gasteiger partial charge in [-0.2, -0.15) is 0 Å². The van der Waals surface area contributed by atoms with Crippen LogP contribution in [0.3, 0.4) is 0 Å². The molecule has 3 aromatic carbocycles. The van der Waals surface area contributed by atoms with Crippen LogP contribution in [0.1, 0.15) is 16.7 Å². The number of para-hydroxylation sites is 1. The number of aryl methyl sites for hydroxylation is 1. The summed E-state index contributed by atoms with van der Waals surface area (Å²) in [5.41, 5.74) is 3.23. The van der Waals surface area contributed by atoms with E-state index in [1.54, 1.807) is 4.90 Å². The van der Waals surface area contributed by atoms with Crippen LogP contribution < -0.4 is 9.47 Å². The smallest absolute Gasteiger partial charge is 0.266 e. The van der Waals surface area contributed by atoms with Crippen LogP contribution in [0.5, 0.6) is 11.5 Å². The first-order valence-electron chi connectivity index (χ1n) is 10.8. The fourth-order valence-electron chi connectivity index (χ4n) is 3.42. The molecule has 1 aliphatic heterocycles. The number of benzene rings is 3. The van der Waals surface area contributed by atoms with Crippen LogP contribution in [0, 0.1) is 6.92 Å². The summed E-state index contributed by atoms with van der Waals surface area (Å²) in [6, 6.07) is 25.7. The molecular weight excluding hydrogens is 450 g/mol. The number of ether oxygens (including phenoxy) is 2. The molecule has 0 N–H and O–H groups in total. The third-order valence-electron chi connectivity index (χ3n) is 5.22. The molecule has 0 radical (unpaired) electrons. The molecule has 33 heavy (non-hydrogen) atoms. The van der Waals surface area contributed by atoms with E-state index in [9.17, 15) is 4.79 Å². The maximum absolute atomic E-state index is 12.8. The van der Waals surface area contributed by atoms with Gasteiger partial charge in [0.15, 0.2) is 0 Å². The Hall–Kier alpha value is -3.09. The minimum Gasteiger partial charge on any atom is -0.490 e. The second kappa shape index (κ2) is 11.2. The molecular formula is C27H25NO3S2. The van der Waals surface area contributed by atoms with Gasteiger partial charge in [0.25, 0.3) is 5.91 Å². The van der Waals surface area contributed by atoms with Gasteiger partial charge in [0.2, 0.25) is 0 Å². The van der Waals surface area contributed by atoms with Gasteiger partial charge in [-0.25, -0.2) is 0 Å². The first-order valence-corrected chi connectivity index (χ1v) is 12.0. The highest BCUT2D eigenvalue weighted by atomic mass is 32.2. The quantitative estimate of drug-likeness (QED) is 0.219. The molecule has 1 fully saturated rings. The molecule has 1 heterocycles. The van der Waals surface area contributed by atoms with E-state index in [1.165, 1.54) is 17.3 Å². The first kappa shape index (κ1) is 23.1. The second-order valence-electron chi connectivity index (χ2n) is 7.60. The van der Waals surface area contributed by atoms with Crippen molar-refractivity contribution in [3.8, 4) is 11.5 Å². The summed E-state index contributed by atoms with van der Waals surface area (Å²) in [5, 5.41) is 0. The predicted molar refractivity (Wildman–Crippen MR) is 139 cm³/mol. The molecule has 168 valence electrons. The number of carbonyl (C=O) groups excluding carboxylic acids is 1. The predicted octanol–water partition coefficient (Wildman–Crippen LogP) is 5.90. The van der Waals surface area contributed by atoms with Crippen LogP contribution in [0.2, 0.25) is 0 Å². The van der Waals surface area contributed by atoms with Gasteiger partial charge in [0.1, 0.15) is 29.0 Å². The Morgan fingerprint density at radius 1 is 0.909 bits per heavy atom. The van der Waals surface area contributed by atoms with Gasteiger partial charge in [-0.15, -0.1) is 0 Å². The summed E-state index contributed by atoms with van der Waals surface area (Å²) >= 11 is 6.80. The number of rotatable bonds is 9. The van der Waals surface area contributed by atoms with Gasteiger partial charge < -0.3 is 9.47 Å². The minimum absolute atomic E-state index is 0.0328. The Morgan fingerprint density at radius 3 is 2.36 bits per heavy atom. The van der Waals surface area contributed by atoms with Crippen molar-refractivity contribution >= 4 is 40.3 Å². The average molecular weight is 476 g/mol. The normalized spacial score (nSPS) is 14.7. The van der Waals surface area contributed by atoms with Crippen molar-refractivity contribution in [3.63, 3.8) is 0 Å². The van der Waals surface area contributed by atoms with Crippen LogP contribution in [0.15, 0.2) is 83.8 Å². The maximum atomic E-state index is 12.8. The Labute approximate surface area is 204 Å². The number of hydrogen-bond acceptors (Lipinski definition) is 5. The van der Waals surface area contributed by atoms with Crippen LogP contribution >= 0.6 is 24.0 Å². The molecule has 0 bridgehead atoms. The lowest BCUT2D eigenvalue weighted by atomic mass is 10.1. The van der Waals surface area contributed by atoms with E-state index < -0.39 is 0 Å². The van der Waals surface area contributed by atoms with Crippen LogP contribution in [0.4, 0.5) is 0 Å². The summed E-state index contributed by atoms with van der Waals surface area (Å²) in [4.78, 5) is 15.2. The van der Waals surface area contributed by atoms with E-state index in [0.29, 0.717) is 29.0 Å². The number of carbonyl (C=O) groups is 1. The summed E-state index contributed by atoms with van der Waals surface area (Å²) in [6.07, 6.45) is 2.66. The van der Waals surface area contributed by atoms with Crippen molar-refractivity contribution in [2.75, 3.05) is 19.8 Å². The molecule has 0 aliphatic carbocycles. The Kier molecular flexibility index (Phi) is 7.81. The third-order valence-corrected chi connectivity index (χ3v) is 6.60. The van der Waals surface area contributed by atoms with Crippen molar-refractivity contribution in [2.24, 2.45) is 0 Å². The van der Waals surface area contributed by atoms with Crippen molar-refractivity contribution in [2.45, 2.75) is 13.3 Å². The fourth-order valence-corrected chi connectivity index (χ4v) is 4.73. The zero-order chi connectivity index (χ0) is 23.0. The van der Waals surface area contributed by atoms with Gasteiger partial charge in [0.05, 0.1) is 4.91 Å². The lowest BCUT2D eigenvalue weighted by Gasteiger charge is -2.14. The number of amides is 1. The van der Waals surface area contributed by atoms with Crippen molar-refractivity contribution in [1.29, 1.82) is 0 Å². The third kappa shape index (κ3) is 6.24. The largest absolute Gasteiger partial charge is 0.490 e. The van der Waals surface area contributed by atoms with E-state index in [0.717, 1.165) is 29.0 Å². The monoisotopic (exact) mass is 475 g/mol.